The summed E-state index contributed by atoms with van der Waals surface area (Å²) in [7, 11) is 0. The molecule has 4 nitrogen and oxygen atoms in total. The van der Waals surface area contributed by atoms with Gasteiger partial charge in [-0.05, 0) is 24.6 Å². The number of pyridine rings is 1. The zero-order valence-corrected chi connectivity index (χ0v) is 7.69. The van der Waals surface area contributed by atoms with Gasteiger partial charge >= 0.3 is 0 Å². The van der Waals surface area contributed by atoms with Gasteiger partial charge in [0.05, 0.1) is 5.69 Å². The van der Waals surface area contributed by atoms with Crippen LogP contribution in [0.5, 0.6) is 0 Å². The van der Waals surface area contributed by atoms with Crippen molar-refractivity contribution in [3.05, 3.63) is 46.4 Å². The van der Waals surface area contributed by atoms with Crippen LogP contribution in [0.4, 0.5) is 0 Å². The van der Waals surface area contributed by atoms with E-state index in [-0.39, 0.29) is 5.56 Å². The quantitative estimate of drug-likeness (QED) is 0.728. The van der Waals surface area contributed by atoms with Crippen molar-refractivity contribution >= 4 is 0 Å². The zero-order chi connectivity index (χ0) is 9.97. The number of nitrogens with zero attached hydrogens (tertiary/aromatic N) is 2. The van der Waals surface area contributed by atoms with E-state index in [1.54, 1.807) is 6.20 Å². The lowest BCUT2D eigenvalue weighted by atomic mass is 10.2. The van der Waals surface area contributed by atoms with Crippen molar-refractivity contribution in [2.24, 2.45) is 0 Å². The van der Waals surface area contributed by atoms with Gasteiger partial charge in [-0.1, -0.05) is 6.07 Å². The van der Waals surface area contributed by atoms with E-state index in [1.807, 2.05) is 25.1 Å². The number of aromatic nitrogens is 3. The molecular formula is C10H9N3O. The molecule has 0 fully saturated rings. The van der Waals surface area contributed by atoms with E-state index in [1.165, 1.54) is 6.07 Å². The third kappa shape index (κ3) is 1.54. The standard InChI is InChI=1S/C10H9N3O/c1-7-6-9(14)12-13-10(7)8-4-2-3-5-11-8/h2-6H,1H3,(H,12,14). The summed E-state index contributed by atoms with van der Waals surface area (Å²) in [4.78, 5) is 15.1. The molecule has 0 aliphatic carbocycles. The molecule has 0 aromatic carbocycles. The first kappa shape index (κ1) is 8.62. The molecule has 0 bridgehead atoms. The molecule has 0 aliphatic heterocycles. The number of hydrogen-bond donors (Lipinski definition) is 1. The molecule has 2 aromatic rings. The molecule has 14 heavy (non-hydrogen) atoms. The molecule has 2 aromatic heterocycles. The Balaban J connectivity index is 2.58. The van der Waals surface area contributed by atoms with Gasteiger partial charge in [0, 0.05) is 12.3 Å². The Kier molecular flexibility index (Phi) is 2.10. The van der Waals surface area contributed by atoms with Crippen molar-refractivity contribution in [1.29, 1.82) is 0 Å². The lowest BCUT2D eigenvalue weighted by Crippen LogP contribution is -2.08. The summed E-state index contributed by atoms with van der Waals surface area (Å²) in [5.74, 6) is 0. The largest absolute Gasteiger partial charge is 0.268 e. The van der Waals surface area contributed by atoms with Crippen LogP contribution in [0.25, 0.3) is 11.4 Å². The lowest BCUT2D eigenvalue weighted by Gasteiger charge is -2.01. The van der Waals surface area contributed by atoms with E-state index in [0.29, 0.717) is 5.69 Å². The van der Waals surface area contributed by atoms with Gasteiger partial charge in [0.2, 0.25) is 0 Å². The zero-order valence-electron chi connectivity index (χ0n) is 7.69. The smallest absolute Gasteiger partial charge is 0.264 e. The molecular weight excluding hydrogens is 178 g/mol. The Labute approximate surface area is 80.6 Å². The molecule has 0 atom stereocenters. The Bertz CT molecular complexity index is 490. The second-order valence-electron chi connectivity index (χ2n) is 2.98. The van der Waals surface area contributed by atoms with Gasteiger partial charge in [0.15, 0.2) is 0 Å². The first-order valence-electron chi connectivity index (χ1n) is 4.25. The molecule has 2 heterocycles. The van der Waals surface area contributed by atoms with Crippen LogP contribution in [-0.4, -0.2) is 15.2 Å². The van der Waals surface area contributed by atoms with Crippen LogP contribution < -0.4 is 5.56 Å². The number of rotatable bonds is 1. The van der Waals surface area contributed by atoms with Gasteiger partial charge in [-0.25, -0.2) is 5.10 Å². The molecule has 1 N–H and O–H groups in total. The van der Waals surface area contributed by atoms with Crippen molar-refractivity contribution < 1.29 is 0 Å². The summed E-state index contributed by atoms with van der Waals surface area (Å²) in [6, 6.07) is 7.09. The van der Waals surface area contributed by atoms with Crippen LogP contribution in [0.15, 0.2) is 35.3 Å². The molecule has 0 amide bonds. The van der Waals surface area contributed by atoms with E-state index in [4.69, 9.17) is 0 Å². The van der Waals surface area contributed by atoms with Crippen LogP contribution >= 0.6 is 0 Å². The fourth-order valence-corrected chi connectivity index (χ4v) is 1.26. The maximum absolute atomic E-state index is 10.9. The molecule has 0 saturated heterocycles. The second-order valence-corrected chi connectivity index (χ2v) is 2.98. The monoisotopic (exact) mass is 187 g/mol. The predicted molar refractivity (Wildman–Crippen MR) is 52.8 cm³/mol. The van der Waals surface area contributed by atoms with Crippen molar-refractivity contribution in [3.8, 4) is 11.4 Å². The summed E-state index contributed by atoms with van der Waals surface area (Å²) in [6.45, 7) is 1.84. The van der Waals surface area contributed by atoms with Crippen molar-refractivity contribution in [2.75, 3.05) is 0 Å². The third-order valence-corrected chi connectivity index (χ3v) is 1.91. The average molecular weight is 187 g/mol. The first-order valence-corrected chi connectivity index (χ1v) is 4.25. The Morgan fingerprint density at radius 1 is 1.36 bits per heavy atom. The summed E-state index contributed by atoms with van der Waals surface area (Å²) < 4.78 is 0. The fraction of sp³-hybridized carbons (Fsp3) is 0.100. The molecule has 2 rings (SSSR count). The minimum absolute atomic E-state index is 0.192. The van der Waals surface area contributed by atoms with Gasteiger partial charge < -0.3 is 0 Å². The molecule has 0 unspecified atom stereocenters. The van der Waals surface area contributed by atoms with E-state index in [9.17, 15) is 4.79 Å². The minimum atomic E-state index is -0.192. The summed E-state index contributed by atoms with van der Waals surface area (Å²) in [5.41, 5.74) is 2.11. The molecule has 0 aliphatic rings. The number of aromatic amines is 1. The highest BCUT2D eigenvalue weighted by atomic mass is 16.1. The Hall–Kier alpha value is -1.97. The van der Waals surface area contributed by atoms with E-state index >= 15 is 0 Å². The van der Waals surface area contributed by atoms with Crippen molar-refractivity contribution in [3.63, 3.8) is 0 Å². The minimum Gasteiger partial charge on any atom is -0.268 e. The highest BCUT2D eigenvalue weighted by Crippen LogP contribution is 2.14. The van der Waals surface area contributed by atoms with Gasteiger partial charge in [-0.2, -0.15) is 5.10 Å². The maximum Gasteiger partial charge on any atom is 0.264 e. The second kappa shape index (κ2) is 3.41. The van der Waals surface area contributed by atoms with E-state index < -0.39 is 0 Å². The number of hydrogen-bond acceptors (Lipinski definition) is 3. The van der Waals surface area contributed by atoms with Crippen molar-refractivity contribution in [2.45, 2.75) is 6.92 Å². The lowest BCUT2D eigenvalue weighted by molar-refractivity contribution is 0.974. The SMILES string of the molecule is Cc1cc(=O)[nH]nc1-c1ccccn1. The molecule has 0 radical (unpaired) electrons. The van der Waals surface area contributed by atoms with Crippen LogP contribution in [-0.2, 0) is 0 Å². The Morgan fingerprint density at radius 2 is 2.21 bits per heavy atom. The number of aryl methyl sites for hydroxylation is 1. The van der Waals surface area contributed by atoms with Gasteiger partial charge in [0.25, 0.3) is 5.56 Å². The van der Waals surface area contributed by atoms with Crippen LogP contribution in [0.2, 0.25) is 0 Å². The normalized spacial score (nSPS) is 10.1. The van der Waals surface area contributed by atoms with Crippen molar-refractivity contribution in [1.82, 2.24) is 15.2 Å². The molecule has 0 saturated carbocycles. The number of nitrogens with one attached hydrogen (secondary N) is 1. The third-order valence-electron chi connectivity index (χ3n) is 1.91. The summed E-state index contributed by atoms with van der Waals surface area (Å²) >= 11 is 0. The van der Waals surface area contributed by atoms with Crippen LogP contribution in [0.3, 0.4) is 0 Å². The average Bonchev–Trinajstić information content (AvgIpc) is 2.19. The molecule has 0 spiro atoms. The number of H-pyrrole nitrogens is 1. The first-order chi connectivity index (χ1) is 6.77. The highest BCUT2D eigenvalue weighted by Gasteiger charge is 2.04. The maximum atomic E-state index is 10.9. The van der Waals surface area contributed by atoms with E-state index in [0.717, 1.165) is 11.3 Å². The summed E-state index contributed by atoms with van der Waals surface area (Å²) in [6.07, 6.45) is 1.70. The highest BCUT2D eigenvalue weighted by molar-refractivity contribution is 5.56. The fourth-order valence-electron chi connectivity index (χ4n) is 1.26. The Morgan fingerprint density at radius 3 is 2.86 bits per heavy atom. The topological polar surface area (TPSA) is 58.6 Å². The predicted octanol–water partition coefficient (Wildman–Crippen LogP) is 1.14. The van der Waals surface area contributed by atoms with Crippen LogP contribution in [0.1, 0.15) is 5.56 Å². The molecule has 4 heteroatoms. The van der Waals surface area contributed by atoms with Gasteiger partial charge in [0.1, 0.15) is 5.69 Å². The van der Waals surface area contributed by atoms with Gasteiger partial charge in [-0.15, -0.1) is 0 Å². The van der Waals surface area contributed by atoms with Crippen LogP contribution in [0, 0.1) is 6.92 Å². The summed E-state index contributed by atoms with van der Waals surface area (Å²) in [5, 5.41) is 6.34. The van der Waals surface area contributed by atoms with E-state index in [2.05, 4.69) is 15.2 Å². The van der Waals surface area contributed by atoms with Gasteiger partial charge in [-0.3, -0.25) is 9.78 Å². The molecule has 70 valence electrons.